The topological polar surface area (TPSA) is 79.5 Å². The molecule has 3 aromatic rings. The fourth-order valence-electron chi connectivity index (χ4n) is 3.09. The summed E-state index contributed by atoms with van der Waals surface area (Å²) in [4.78, 5) is 6.00. The van der Waals surface area contributed by atoms with Gasteiger partial charge in [-0.3, -0.25) is 0 Å². The number of piperazine rings is 1. The number of anilines is 1. The van der Waals surface area contributed by atoms with Crippen LogP contribution in [0.3, 0.4) is 0 Å². The summed E-state index contributed by atoms with van der Waals surface area (Å²) in [6, 6.07) is 8.04. The Morgan fingerprint density at radius 1 is 1.15 bits per heavy atom. The summed E-state index contributed by atoms with van der Waals surface area (Å²) in [6.45, 7) is 3.12. The van der Waals surface area contributed by atoms with E-state index in [0.29, 0.717) is 35.6 Å². The number of sulfonamides is 1. The van der Waals surface area contributed by atoms with E-state index in [9.17, 15) is 12.8 Å². The first-order valence-corrected chi connectivity index (χ1v) is 9.62. The van der Waals surface area contributed by atoms with E-state index >= 15 is 0 Å². The number of rotatable bonds is 3. The van der Waals surface area contributed by atoms with Crippen LogP contribution in [0.1, 0.15) is 5.69 Å². The first-order chi connectivity index (χ1) is 12.5. The molecule has 0 saturated carbocycles. The Bertz CT molecular complexity index is 1060. The largest absolute Gasteiger partial charge is 0.367 e. The molecule has 0 atom stereocenters. The van der Waals surface area contributed by atoms with Gasteiger partial charge in [-0.25, -0.2) is 17.8 Å². The maximum Gasteiger partial charge on any atom is 0.257 e. The van der Waals surface area contributed by atoms with E-state index in [4.69, 9.17) is 4.52 Å². The van der Waals surface area contributed by atoms with E-state index in [2.05, 4.69) is 10.1 Å². The maximum atomic E-state index is 13.9. The van der Waals surface area contributed by atoms with Crippen LogP contribution in [0, 0.1) is 12.7 Å². The van der Waals surface area contributed by atoms with Crippen molar-refractivity contribution in [1.29, 1.82) is 0 Å². The molecule has 136 valence electrons. The van der Waals surface area contributed by atoms with Crippen molar-refractivity contribution in [3.8, 4) is 0 Å². The predicted molar refractivity (Wildman–Crippen MR) is 93.9 cm³/mol. The van der Waals surface area contributed by atoms with Gasteiger partial charge in [-0.05, 0) is 25.1 Å². The van der Waals surface area contributed by atoms with Gasteiger partial charge in [0.05, 0.1) is 23.0 Å². The molecule has 0 bridgehead atoms. The highest BCUT2D eigenvalue weighted by atomic mass is 32.2. The predicted octanol–water partition coefficient (Wildman–Crippen LogP) is 2.18. The van der Waals surface area contributed by atoms with E-state index in [0.717, 1.165) is 0 Å². The maximum absolute atomic E-state index is 13.9. The van der Waals surface area contributed by atoms with Crippen molar-refractivity contribution in [3.63, 3.8) is 0 Å². The molecular formula is C17H17FN4O3S. The van der Waals surface area contributed by atoms with Crippen LogP contribution in [0.25, 0.3) is 11.1 Å². The summed E-state index contributed by atoms with van der Waals surface area (Å²) in [5, 5.41) is 4.37. The summed E-state index contributed by atoms with van der Waals surface area (Å²) < 4.78 is 46.2. The molecule has 4 rings (SSSR count). The molecule has 1 aromatic carbocycles. The number of aryl methyl sites for hydroxylation is 1. The number of para-hydroxylation sites is 1. The van der Waals surface area contributed by atoms with Crippen molar-refractivity contribution in [2.45, 2.75) is 11.8 Å². The van der Waals surface area contributed by atoms with Gasteiger partial charge in [0.15, 0.2) is 0 Å². The number of aromatic nitrogens is 2. The number of hydrogen-bond acceptors (Lipinski definition) is 6. The highest BCUT2D eigenvalue weighted by molar-refractivity contribution is 7.89. The molecule has 2 aromatic heterocycles. The Labute approximate surface area is 150 Å². The van der Waals surface area contributed by atoms with Crippen molar-refractivity contribution in [3.05, 3.63) is 48.0 Å². The van der Waals surface area contributed by atoms with Gasteiger partial charge in [-0.1, -0.05) is 17.3 Å². The van der Waals surface area contributed by atoms with Gasteiger partial charge in [0.25, 0.3) is 5.71 Å². The van der Waals surface area contributed by atoms with Gasteiger partial charge in [-0.2, -0.15) is 4.31 Å². The lowest BCUT2D eigenvalue weighted by atomic mass is 10.2. The fourth-order valence-corrected chi connectivity index (χ4v) is 4.49. The van der Waals surface area contributed by atoms with Crippen molar-refractivity contribution in [1.82, 2.24) is 14.4 Å². The van der Waals surface area contributed by atoms with Crippen LogP contribution in [0.15, 0.2) is 45.9 Å². The molecule has 0 amide bonds. The molecule has 0 spiro atoms. The van der Waals surface area contributed by atoms with Crippen molar-refractivity contribution < 1.29 is 17.3 Å². The summed E-state index contributed by atoms with van der Waals surface area (Å²) in [6.07, 6.45) is 1.28. The molecule has 1 fully saturated rings. The third-order valence-electron chi connectivity index (χ3n) is 4.55. The van der Waals surface area contributed by atoms with Crippen LogP contribution in [0.4, 0.5) is 10.1 Å². The number of hydrogen-bond donors (Lipinski definition) is 0. The Morgan fingerprint density at radius 3 is 2.62 bits per heavy atom. The Balaban J connectivity index is 1.56. The van der Waals surface area contributed by atoms with Crippen LogP contribution in [0.5, 0.6) is 0 Å². The van der Waals surface area contributed by atoms with Gasteiger partial charge < -0.3 is 9.42 Å². The van der Waals surface area contributed by atoms with E-state index in [1.807, 2.05) is 4.90 Å². The summed E-state index contributed by atoms with van der Waals surface area (Å²) in [5.41, 5.74) is 1.40. The summed E-state index contributed by atoms with van der Waals surface area (Å²) in [5.74, 6) is -0.304. The quantitative estimate of drug-likeness (QED) is 0.697. The van der Waals surface area contributed by atoms with Gasteiger partial charge in [-0.15, -0.1) is 0 Å². The lowest BCUT2D eigenvalue weighted by Gasteiger charge is -2.35. The second kappa shape index (κ2) is 6.33. The molecule has 9 heteroatoms. The molecule has 0 N–H and O–H groups in total. The Kier molecular flexibility index (Phi) is 4.12. The number of pyridine rings is 1. The van der Waals surface area contributed by atoms with Gasteiger partial charge in [0.1, 0.15) is 10.7 Å². The van der Waals surface area contributed by atoms with E-state index < -0.39 is 10.0 Å². The summed E-state index contributed by atoms with van der Waals surface area (Å²) in [7, 11) is -3.68. The SMILES string of the molecule is Cc1noc2ncc(S(=O)(=O)N3CCN(c4ccccc4F)CC3)cc12. The number of nitrogens with zero attached hydrogens (tertiary/aromatic N) is 4. The minimum atomic E-state index is -3.68. The molecule has 0 radical (unpaired) electrons. The molecule has 7 nitrogen and oxygen atoms in total. The lowest BCUT2D eigenvalue weighted by Crippen LogP contribution is -2.48. The minimum absolute atomic E-state index is 0.107. The van der Waals surface area contributed by atoms with Crippen LogP contribution < -0.4 is 4.90 Å². The Morgan fingerprint density at radius 2 is 1.88 bits per heavy atom. The lowest BCUT2D eigenvalue weighted by molar-refractivity contribution is 0.383. The highest BCUT2D eigenvalue weighted by Crippen LogP contribution is 2.25. The molecule has 1 aliphatic heterocycles. The molecule has 0 aliphatic carbocycles. The Hall–Kier alpha value is -2.52. The standard InChI is InChI=1S/C17H17FN4O3S/c1-12-14-10-13(11-19-17(14)25-20-12)26(23,24)22-8-6-21(7-9-22)16-5-3-2-4-15(16)18/h2-5,10-11H,6-9H2,1H3. The second-order valence-electron chi connectivity index (χ2n) is 6.13. The smallest absolute Gasteiger partial charge is 0.257 e. The van der Waals surface area contributed by atoms with E-state index in [1.54, 1.807) is 25.1 Å². The average Bonchev–Trinajstić information content (AvgIpc) is 3.03. The van der Waals surface area contributed by atoms with E-state index in [1.165, 1.54) is 22.6 Å². The zero-order chi connectivity index (χ0) is 18.3. The minimum Gasteiger partial charge on any atom is -0.367 e. The third kappa shape index (κ3) is 2.82. The molecule has 26 heavy (non-hydrogen) atoms. The molecule has 3 heterocycles. The van der Waals surface area contributed by atoms with Gasteiger partial charge >= 0.3 is 0 Å². The monoisotopic (exact) mass is 376 g/mol. The second-order valence-corrected chi connectivity index (χ2v) is 8.07. The first kappa shape index (κ1) is 16.9. The number of fused-ring (bicyclic) bond motifs is 1. The van der Waals surface area contributed by atoms with Gasteiger partial charge in [0, 0.05) is 26.2 Å². The van der Waals surface area contributed by atoms with Crippen molar-refractivity contribution in [2.75, 3.05) is 31.1 Å². The van der Waals surface area contributed by atoms with Crippen molar-refractivity contribution >= 4 is 26.8 Å². The summed E-state index contributed by atoms with van der Waals surface area (Å²) >= 11 is 0. The number of benzene rings is 1. The average molecular weight is 376 g/mol. The van der Waals surface area contributed by atoms with Crippen LogP contribution in [0.2, 0.25) is 0 Å². The normalized spacial score (nSPS) is 16.3. The highest BCUT2D eigenvalue weighted by Gasteiger charge is 2.30. The molecular weight excluding hydrogens is 359 g/mol. The molecule has 0 unspecified atom stereocenters. The van der Waals surface area contributed by atoms with Gasteiger partial charge in [0.2, 0.25) is 10.0 Å². The van der Waals surface area contributed by atoms with Crippen molar-refractivity contribution in [2.24, 2.45) is 0 Å². The molecule has 1 aliphatic rings. The fraction of sp³-hybridized carbons (Fsp3) is 0.294. The number of halogens is 1. The third-order valence-corrected chi connectivity index (χ3v) is 6.42. The first-order valence-electron chi connectivity index (χ1n) is 8.18. The van der Waals surface area contributed by atoms with Crippen LogP contribution in [-0.2, 0) is 10.0 Å². The van der Waals surface area contributed by atoms with Crippen LogP contribution >= 0.6 is 0 Å². The van der Waals surface area contributed by atoms with Crippen LogP contribution in [-0.4, -0.2) is 49.0 Å². The van der Waals surface area contributed by atoms with E-state index in [-0.39, 0.29) is 23.8 Å². The zero-order valence-corrected chi connectivity index (χ0v) is 14.9. The molecule has 1 saturated heterocycles. The zero-order valence-electron chi connectivity index (χ0n) is 14.1.